The maximum absolute atomic E-state index is 13.7. The molecular formula is C30H31ClFN3O2. The van der Waals surface area contributed by atoms with Crippen molar-refractivity contribution in [2.75, 3.05) is 19.6 Å². The SMILES string of the molecule is CC(C)CN(CC(=O)N(CCc1c[nH]c2ccccc12)Cc1ccc(F)cc1)C(=O)c1ccccc1Cl. The summed E-state index contributed by atoms with van der Waals surface area (Å²) in [5.74, 6) is -0.610. The van der Waals surface area contributed by atoms with Gasteiger partial charge in [-0.2, -0.15) is 0 Å². The van der Waals surface area contributed by atoms with Gasteiger partial charge in [0.15, 0.2) is 0 Å². The smallest absolute Gasteiger partial charge is 0.255 e. The number of nitrogens with zero attached hydrogens (tertiary/aromatic N) is 2. The summed E-state index contributed by atoms with van der Waals surface area (Å²) in [7, 11) is 0. The summed E-state index contributed by atoms with van der Waals surface area (Å²) >= 11 is 6.30. The summed E-state index contributed by atoms with van der Waals surface area (Å²) in [5, 5.41) is 1.48. The molecule has 0 saturated carbocycles. The van der Waals surface area contributed by atoms with E-state index in [-0.39, 0.29) is 30.1 Å². The molecule has 7 heteroatoms. The summed E-state index contributed by atoms with van der Waals surface area (Å²) in [6.07, 6.45) is 2.61. The number of fused-ring (bicyclic) bond motifs is 1. The zero-order valence-corrected chi connectivity index (χ0v) is 21.8. The number of halogens is 2. The van der Waals surface area contributed by atoms with E-state index in [1.165, 1.54) is 12.1 Å². The molecule has 1 aromatic heterocycles. The Bertz CT molecular complexity index is 1370. The van der Waals surface area contributed by atoms with Gasteiger partial charge in [-0.25, -0.2) is 4.39 Å². The second-order valence-electron chi connectivity index (χ2n) is 9.61. The van der Waals surface area contributed by atoms with Gasteiger partial charge in [-0.05, 0) is 53.8 Å². The Kier molecular flexibility index (Phi) is 8.62. The van der Waals surface area contributed by atoms with E-state index in [0.717, 1.165) is 22.0 Å². The van der Waals surface area contributed by atoms with E-state index in [0.29, 0.717) is 36.6 Å². The van der Waals surface area contributed by atoms with Crippen LogP contribution in [0.5, 0.6) is 0 Å². The number of amides is 2. The lowest BCUT2D eigenvalue weighted by atomic mass is 10.1. The number of hydrogen-bond donors (Lipinski definition) is 1. The number of H-pyrrole nitrogens is 1. The first kappa shape index (κ1) is 26.4. The van der Waals surface area contributed by atoms with Gasteiger partial charge in [0.05, 0.1) is 10.6 Å². The highest BCUT2D eigenvalue weighted by molar-refractivity contribution is 6.33. The molecule has 0 unspecified atom stereocenters. The van der Waals surface area contributed by atoms with Crippen LogP contribution in [0.3, 0.4) is 0 Å². The molecule has 0 saturated heterocycles. The van der Waals surface area contributed by atoms with Gasteiger partial charge in [-0.3, -0.25) is 9.59 Å². The van der Waals surface area contributed by atoms with Crippen LogP contribution >= 0.6 is 11.6 Å². The third kappa shape index (κ3) is 6.77. The summed E-state index contributed by atoms with van der Waals surface area (Å²) in [6.45, 7) is 5.13. The Labute approximate surface area is 221 Å². The van der Waals surface area contributed by atoms with Gasteiger partial charge >= 0.3 is 0 Å². The Balaban J connectivity index is 1.56. The second-order valence-corrected chi connectivity index (χ2v) is 10.0. The number of carbonyl (C=O) groups is 2. The van der Waals surface area contributed by atoms with Crippen LogP contribution in [0.25, 0.3) is 10.9 Å². The summed E-state index contributed by atoms with van der Waals surface area (Å²) in [6, 6.07) is 21.1. The van der Waals surface area contributed by atoms with E-state index in [1.807, 2.05) is 38.2 Å². The van der Waals surface area contributed by atoms with Gasteiger partial charge in [-0.1, -0.05) is 67.9 Å². The first-order valence-electron chi connectivity index (χ1n) is 12.4. The first-order chi connectivity index (χ1) is 17.8. The fraction of sp³-hybridized carbons (Fsp3) is 0.267. The lowest BCUT2D eigenvalue weighted by Gasteiger charge is -2.29. The highest BCUT2D eigenvalue weighted by Gasteiger charge is 2.24. The van der Waals surface area contributed by atoms with Crippen LogP contribution in [-0.4, -0.2) is 46.2 Å². The van der Waals surface area contributed by atoms with Crippen molar-refractivity contribution in [3.05, 3.63) is 107 Å². The molecule has 0 fully saturated rings. The Hall–Kier alpha value is -3.64. The van der Waals surface area contributed by atoms with Crippen LogP contribution in [0.2, 0.25) is 5.02 Å². The van der Waals surface area contributed by atoms with Crippen LogP contribution in [0.1, 0.15) is 35.3 Å². The molecule has 0 radical (unpaired) electrons. The minimum absolute atomic E-state index is 0.0721. The number of benzene rings is 3. The van der Waals surface area contributed by atoms with Gasteiger partial charge in [0.2, 0.25) is 5.91 Å². The molecule has 1 N–H and O–H groups in total. The van der Waals surface area contributed by atoms with Crippen molar-refractivity contribution in [2.24, 2.45) is 5.92 Å². The normalized spacial score (nSPS) is 11.2. The third-order valence-electron chi connectivity index (χ3n) is 6.27. The van der Waals surface area contributed by atoms with Crippen molar-refractivity contribution < 1.29 is 14.0 Å². The number of nitrogens with one attached hydrogen (secondary N) is 1. The Morgan fingerprint density at radius 3 is 2.38 bits per heavy atom. The summed E-state index contributed by atoms with van der Waals surface area (Å²) < 4.78 is 13.5. The Morgan fingerprint density at radius 2 is 1.65 bits per heavy atom. The number of aromatic nitrogens is 1. The van der Waals surface area contributed by atoms with Crippen molar-refractivity contribution >= 4 is 34.3 Å². The predicted octanol–water partition coefficient (Wildman–Crippen LogP) is 6.33. The molecule has 37 heavy (non-hydrogen) atoms. The first-order valence-corrected chi connectivity index (χ1v) is 12.8. The molecule has 4 aromatic rings. The van der Waals surface area contributed by atoms with Crippen molar-refractivity contribution in [2.45, 2.75) is 26.8 Å². The van der Waals surface area contributed by atoms with E-state index in [2.05, 4.69) is 11.1 Å². The molecule has 2 amide bonds. The van der Waals surface area contributed by atoms with Gasteiger partial charge < -0.3 is 14.8 Å². The molecule has 0 atom stereocenters. The molecular weight excluding hydrogens is 489 g/mol. The van der Waals surface area contributed by atoms with Crippen molar-refractivity contribution in [1.82, 2.24) is 14.8 Å². The predicted molar refractivity (Wildman–Crippen MR) is 146 cm³/mol. The average molecular weight is 520 g/mol. The summed E-state index contributed by atoms with van der Waals surface area (Å²) in [5.41, 5.74) is 3.35. The van der Waals surface area contributed by atoms with Crippen LogP contribution < -0.4 is 0 Å². The standard InChI is InChI=1S/C30H31ClFN3O2/c1-21(2)18-35(30(37)26-8-3-5-9-27(26)31)20-29(36)34(19-22-11-13-24(32)14-12-22)16-15-23-17-33-28-10-6-4-7-25(23)28/h3-14,17,21,33H,15-16,18-20H2,1-2H3. The van der Waals surface area contributed by atoms with Crippen LogP contribution in [0.15, 0.2) is 79.0 Å². The lowest BCUT2D eigenvalue weighted by molar-refractivity contribution is -0.132. The van der Waals surface area contributed by atoms with Crippen molar-refractivity contribution in [3.63, 3.8) is 0 Å². The van der Waals surface area contributed by atoms with Gasteiger partial charge in [0.25, 0.3) is 5.91 Å². The monoisotopic (exact) mass is 519 g/mol. The zero-order valence-electron chi connectivity index (χ0n) is 21.1. The van der Waals surface area contributed by atoms with Gasteiger partial charge in [0.1, 0.15) is 12.4 Å². The molecule has 0 aliphatic carbocycles. The van der Waals surface area contributed by atoms with Crippen molar-refractivity contribution in [1.29, 1.82) is 0 Å². The quantitative estimate of drug-likeness (QED) is 0.266. The highest BCUT2D eigenvalue weighted by atomic mass is 35.5. The van der Waals surface area contributed by atoms with Crippen LogP contribution in [0, 0.1) is 11.7 Å². The van der Waals surface area contributed by atoms with E-state index in [4.69, 9.17) is 11.6 Å². The fourth-order valence-corrected chi connectivity index (χ4v) is 4.64. The maximum Gasteiger partial charge on any atom is 0.255 e. The average Bonchev–Trinajstić information content (AvgIpc) is 3.30. The number of rotatable bonds is 10. The number of para-hydroxylation sites is 1. The molecule has 192 valence electrons. The van der Waals surface area contributed by atoms with E-state index < -0.39 is 0 Å². The van der Waals surface area contributed by atoms with E-state index in [9.17, 15) is 14.0 Å². The zero-order chi connectivity index (χ0) is 26.4. The molecule has 4 rings (SSSR count). The van der Waals surface area contributed by atoms with E-state index >= 15 is 0 Å². The molecule has 0 aliphatic rings. The second kappa shape index (κ2) is 12.1. The number of carbonyl (C=O) groups excluding carboxylic acids is 2. The Morgan fingerprint density at radius 1 is 0.946 bits per heavy atom. The maximum atomic E-state index is 13.7. The third-order valence-corrected chi connectivity index (χ3v) is 6.60. The number of hydrogen-bond acceptors (Lipinski definition) is 2. The van der Waals surface area contributed by atoms with Crippen molar-refractivity contribution in [3.8, 4) is 0 Å². The summed E-state index contributed by atoms with van der Waals surface area (Å²) in [4.78, 5) is 33.6. The van der Waals surface area contributed by atoms with Crippen LogP contribution in [-0.2, 0) is 17.8 Å². The largest absolute Gasteiger partial charge is 0.361 e. The molecule has 1 heterocycles. The molecule has 0 bridgehead atoms. The molecule has 5 nitrogen and oxygen atoms in total. The molecule has 0 spiro atoms. The molecule has 0 aliphatic heterocycles. The topological polar surface area (TPSA) is 56.4 Å². The fourth-order valence-electron chi connectivity index (χ4n) is 4.42. The lowest BCUT2D eigenvalue weighted by Crippen LogP contribution is -2.44. The van der Waals surface area contributed by atoms with E-state index in [1.54, 1.807) is 46.2 Å². The minimum Gasteiger partial charge on any atom is -0.361 e. The highest BCUT2D eigenvalue weighted by Crippen LogP contribution is 2.20. The van der Waals surface area contributed by atoms with Crippen LogP contribution in [0.4, 0.5) is 4.39 Å². The minimum atomic E-state index is -0.325. The molecule has 3 aromatic carbocycles. The van der Waals surface area contributed by atoms with Gasteiger partial charge in [0, 0.05) is 36.7 Å². The number of aromatic amines is 1. The van der Waals surface area contributed by atoms with Gasteiger partial charge in [-0.15, -0.1) is 0 Å².